The van der Waals surface area contributed by atoms with Crippen molar-refractivity contribution in [1.29, 1.82) is 0 Å². The average Bonchev–Trinajstić information content (AvgIpc) is 3.64. The van der Waals surface area contributed by atoms with E-state index in [1.165, 1.54) is 24.5 Å². The van der Waals surface area contributed by atoms with Crippen molar-refractivity contribution in [1.82, 2.24) is 20.0 Å². The monoisotopic (exact) mass is 516 g/mol. The predicted octanol–water partition coefficient (Wildman–Crippen LogP) is 5.99. The van der Waals surface area contributed by atoms with Crippen LogP contribution in [0, 0.1) is 33.5 Å². The molecule has 2 aromatic heterocycles. The zero-order chi connectivity index (χ0) is 32.7. The van der Waals surface area contributed by atoms with Gasteiger partial charge in [0.15, 0.2) is 0 Å². The van der Waals surface area contributed by atoms with Gasteiger partial charge in [0.05, 0.1) is 24.8 Å². The Hall–Kier alpha value is -2.51. The van der Waals surface area contributed by atoms with Crippen molar-refractivity contribution in [2.24, 2.45) is 33.5 Å². The number of carbonyl (C=O) groups excluding carboxylic acids is 1. The third-order valence-electron chi connectivity index (χ3n) is 9.53. The van der Waals surface area contributed by atoms with Crippen LogP contribution in [0.5, 0.6) is 11.8 Å². The summed E-state index contributed by atoms with van der Waals surface area (Å²) in [5, 5.41) is 10.1. The lowest BCUT2D eigenvalue weighted by Crippen LogP contribution is -2.27. The molecule has 8 nitrogen and oxygen atoms in total. The van der Waals surface area contributed by atoms with Gasteiger partial charge in [-0.25, -0.2) is 9.89 Å². The van der Waals surface area contributed by atoms with Crippen LogP contribution in [-0.4, -0.2) is 44.8 Å². The standard InChI is InChI=1S/C17H24N2O3.C12H16N2O/c1-15(2,3)22-14(20)19-10-4-13(18-19)21-11-5-12-16(6-7-16)17(12)8-9-17;1-7-13-14-10(1)15-8-2-9-11(3-4-11)12(9)5-6-12/h4,10,12H,5-9,11H2,1-3H3;1,7,9H,2-6,8H2,(H,13,14)/i5D2,11D2;2D2,8D2. The maximum atomic E-state index is 12.0. The third-order valence-corrected chi connectivity index (χ3v) is 9.53. The molecule has 2 heterocycles. The van der Waals surface area contributed by atoms with Gasteiger partial charge in [-0.3, -0.25) is 0 Å². The summed E-state index contributed by atoms with van der Waals surface area (Å²) in [5.74, 6) is -0.458. The number of hydrogen-bond donors (Lipinski definition) is 1. The summed E-state index contributed by atoms with van der Waals surface area (Å²) in [6.45, 7) is 0.320. The SMILES string of the molecule is [2H]C([2H])(Oc1ccn(C(=O)OC(C)(C)C)n1)C([2H])([2H])C1C2(CC2)C12CC2.[2H]C([2H])(Oc1ccn[nH]1)C([2H])([2H])C1C2(CC2)C12CC2. The lowest BCUT2D eigenvalue weighted by Gasteiger charge is -2.18. The number of rotatable bonds is 8. The maximum absolute atomic E-state index is 12.0. The van der Waals surface area contributed by atoms with E-state index < -0.39 is 37.6 Å². The summed E-state index contributed by atoms with van der Waals surface area (Å²) in [4.78, 5) is 12.0. The molecule has 6 aliphatic carbocycles. The number of aromatic nitrogens is 4. The maximum Gasteiger partial charge on any atom is 0.435 e. The molecule has 200 valence electrons. The number of carbonyl (C=O) groups is 1. The zero-order valence-corrected chi connectivity index (χ0v) is 21.6. The van der Waals surface area contributed by atoms with Gasteiger partial charge in [0.1, 0.15) is 5.60 Å². The van der Waals surface area contributed by atoms with Gasteiger partial charge in [-0.05, 0) is 118 Å². The van der Waals surface area contributed by atoms with Crippen molar-refractivity contribution in [2.45, 2.75) is 90.5 Å². The molecule has 0 unspecified atom stereocenters. The molecule has 8 heteroatoms. The first-order valence-corrected chi connectivity index (χ1v) is 13.4. The number of fused-ring (bicyclic) bond motifs is 2. The lowest BCUT2D eigenvalue weighted by molar-refractivity contribution is 0.0511. The lowest BCUT2D eigenvalue weighted by atomic mass is 10.2. The van der Waals surface area contributed by atoms with E-state index in [0.29, 0.717) is 0 Å². The number of H-pyrrole nitrogens is 1. The van der Waals surface area contributed by atoms with Crippen LogP contribution >= 0.6 is 0 Å². The summed E-state index contributed by atoms with van der Waals surface area (Å²) < 4.78 is 82.4. The average molecular weight is 517 g/mol. The molecule has 0 aliphatic heterocycles. The van der Waals surface area contributed by atoms with Crippen molar-refractivity contribution in [3.8, 4) is 11.8 Å². The van der Waals surface area contributed by atoms with Gasteiger partial charge in [-0.2, -0.15) is 9.78 Å². The number of ether oxygens (including phenoxy) is 3. The van der Waals surface area contributed by atoms with Crippen LogP contribution in [0.2, 0.25) is 0 Å². The first-order chi connectivity index (χ1) is 20.7. The molecule has 0 aromatic carbocycles. The minimum Gasteiger partial charge on any atom is -0.478 e. The van der Waals surface area contributed by atoms with Gasteiger partial charge in [-0.15, -0.1) is 5.10 Å². The summed E-state index contributed by atoms with van der Waals surface area (Å²) in [7, 11) is 0. The Kier molecular flexibility index (Phi) is 3.45. The largest absolute Gasteiger partial charge is 0.478 e. The second kappa shape index (κ2) is 7.76. The molecule has 8 rings (SSSR count). The van der Waals surface area contributed by atoms with Crippen molar-refractivity contribution in [2.75, 3.05) is 13.1 Å². The Balaban J connectivity index is 0.000000151. The quantitative estimate of drug-likeness (QED) is 0.463. The van der Waals surface area contributed by atoms with Crippen LogP contribution in [0.3, 0.4) is 0 Å². The van der Waals surface area contributed by atoms with E-state index in [2.05, 4.69) is 15.3 Å². The number of nitrogens with one attached hydrogen (secondary N) is 1. The van der Waals surface area contributed by atoms with Crippen LogP contribution in [0.4, 0.5) is 4.79 Å². The molecule has 37 heavy (non-hydrogen) atoms. The minimum atomic E-state index is -2.54. The summed E-state index contributed by atoms with van der Waals surface area (Å²) in [6, 6.07) is 2.84. The molecule has 6 saturated carbocycles. The fraction of sp³-hybridized carbons (Fsp3) is 0.759. The van der Waals surface area contributed by atoms with E-state index in [1.807, 2.05) is 0 Å². The molecule has 2 aromatic rings. The summed E-state index contributed by atoms with van der Waals surface area (Å²) in [5.41, 5.74) is -0.478. The highest BCUT2D eigenvalue weighted by Gasteiger charge is 2.86. The molecule has 6 aliphatic rings. The van der Waals surface area contributed by atoms with E-state index in [-0.39, 0.29) is 45.3 Å². The van der Waals surface area contributed by atoms with E-state index in [1.54, 1.807) is 20.8 Å². The normalized spacial score (nSPS) is 30.2. The van der Waals surface area contributed by atoms with Crippen molar-refractivity contribution >= 4 is 6.09 Å². The Morgan fingerprint density at radius 3 is 1.97 bits per heavy atom. The van der Waals surface area contributed by atoms with Gasteiger partial charge in [0.25, 0.3) is 0 Å². The van der Waals surface area contributed by atoms with Gasteiger partial charge in [0.2, 0.25) is 11.8 Å². The molecule has 1 N–H and O–H groups in total. The number of nitrogens with zero attached hydrogens (tertiary/aromatic N) is 3. The van der Waals surface area contributed by atoms with Gasteiger partial charge < -0.3 is 14.2 Å². The fourth-order valence-corrected chi connectivity index (χ4v) is 7.07. The molecule has 4 spiro atoms. The Labute approximate surface area is 230 Å². The molecule has 6 fully saturated rings. The van der Waals surface area contributed by atoms with E-state index in [9.17, 15) is 4.79 Å². The van der Waals surface area contributed by atoms with Gasteiger partial charge in [-0.1, -0.05) is 0 Å². The highest BCUT2D eigenvalue weighted by atomic mass is 16.6. The van der Waals surface area contributed by atoms with E-state index in [0.717, 1.165) is 56.0 Å². The molecular weight excluding hydrogens is 468 g/mol. The Morgan fingerprint density at radius 2 is 1.51 bits per heavy atom. The van der Waals surface area contributed by atoms with Crippen molar-refractivity contribution in [3.05, 3.63) is 24.5 Å². The highest BCUT2D eigenvalue weighted by molar-refractivity contribution is 5.69. The molecular formula is C29H40N4O4. The van der Waals surface area contributed by atoms with E-state index >= 15 is 0 Å². The first kappa shape index (κ1) is 16.5. The Bertz CT molecular complexity index is 1470. The number of hydrogen-bond acceptors (Lipinski definition) is 6. The zero-order valence-electron chi connectivity index (χ0n) is 29.6. The molecule has 0 atom stereocenters. The van der Waals surface area contributed by atoms with Crippen LogP contribution in [0.25, 0.3) is 0 Å². The van der Waals surface area contributed by atoms with Crippen molar-refractivity contribution in [3.63, 3.8) is 0 Å². The smallest absolute Gasteiger partial charge is 0.435 e. The van der Waals surface area contributed by atoms with Crippen molar-refractivity contribution < 1.29 is 30.0 Å². The topological polar surface area (TPSA) is 91.3 Å². The van der Waals surface area contributed by atoms with E-state index in [4.69, 9.17) is 25.2 Å². The highest BCUT2D eigenvalue weighted by Crippen LogP contribution is 2.93. The number of aromatic amines is 1. The molecule has 0 bridgehead atoms. The summed E-state index contributed by atoms with van der Waals surface area (Å²) in [6.07, 6.45) is 6.15. The molecule has 0 radical (unpaired) electrons. The van der Waals surface area contributed by atoms with Crippen LogP contribution in [-0.2, 0) is 4.74 Å². The predicted molar refractivity (Wildman–Crippen MR) is 136 cm³/mol. The van der Waals surface area contributed by atoms with Gasteiger partial charge in [0, 0.05) is 23.8 Å². The van der Waals surface area contributed by atoms with Crippen LogP contribution < -0.4 is 9.47 Å². The van der Waals surface area contributed by atoms with Crippen LogP contribution in [0.1, 0.15) is 95.8 Å². The Morgan fingerprint density at radius 1 is 0.973 bits per heavy atom. The minimum absolute atomic E-state index is 0.00306. The molecule has 0 saturated heterocycles. The fourth-order valence-electron chi connectivity index (χ4n) is 7.07. The summed E-state index contributed by atoms with van der Waals surface area (Å²) >= 11 is 0. The second-order valence-corrected chi connectivity index (χ2v) is 12.7. The second-order valence-electron chi connectivity index (χ2n) is 12.7. The van der Waals surface area contributed by atoms with Crippen LogP contribution in [0.15, 0.2) is 24.5 Å². The first-order valence-electron chi connectivity index (χ1n) is 17.4. The van der Waals surface area contributed by atoms with Gasteiger partial charge >= 0.3 is 6.09 Å². The molecule has 0 amide bonds. The third kappa shape index (κ3) is 3.88.